The number of rotatable bonds is 8. The van der Waals surface area contributed by atoms with E-state index in [1.807, 2.05) is 0 Å². The molecule has 1 atom stereocenters. The van der Waals surface area contributed by atoms with Gasteiger partial charge in [-0.1, -0.05) is 12.8 Å². The largest absolute Gasteiger partial charge is 0.766 e. The van der Waals surface area contributed by atoms with Crippen LogP contribution in [0, 0.1) is 5.92 Å². The molecule has 1 rings (SSSR count). The van der Waals surface area contributed by atoms with E-state index in [2.05, 4.69) is 0 Å². The highest BCUT2D eigenvalue weighted by atomic mass is 35.5. The highest BCUT2D eigenvalue weighted by Gasteiger charge is 2.22. The van der Waals surface area contributed by atoms with Crippen molar-refractivity contribution >= 4 is 30.9 Å². The molecule has 17 heavy (non-hydrogen) atoms. The highest BCUT2D eigenvalue weighted by molar-refractivity contribution is 7.48. The van der Waals surface area contributed by atoms with Crippen molar-refractivity contribution in [2.75, 3.05) is 31.5 Å². The predicted molar refractivity (Wildman–Crippen MR) is 68.5 cm³/mol. The molecular weight excluding hydrogens is 284 g/mol. The molecule has 1 fully saturated rings. The first kappa shape index (κ1) is 15.7. The molecule has 1 saturated carbocycles. The fourth-order valence-corrected chi connectivity index (χ4v) is 3.91. The van der Waals surface area contributed by atoms with E-state index in [1.54, 1.807) is 0 Å². The van der Waals surface area contributed by atoms with Crippen LogP contribution in [0.1, 0.15) is 25.7 Å². The fraction of sp³-hybridized carbons (Fsp3) is 1.00. The molecule has 0 heterocycles. The summed E-state index contributed by atoms with van der Waals surface area (Å²) in [6.07, 6.45) is 4.46. The lowest BCUT2D eigenvalue weighted by Crippen LogP contribution is -2.32. The summed E-state index contributed by atoms with van der Waals surface area (Å²) in [6, 6.07) is 0. The second-order valence-corrected chi connectivity index (χ2v) is 6.76. The van der Waals surface area contributed by atoms with Crippen LogP contribution in [0.25, 0.3) is 0 Å². The first-order valence-corrected chi connectivity index (χ1v) is 8.49. The van der Waals surface area contributed by atoms with E-state index in [0.717, 1.165) is 12.8 Å². The molecule has 7 heteroatoms. The lowest BCUT2D eigenvalue weighted by molar-refractivity contribution is -0.213. The van der Waals surface area contributed by atoms with E-state index in [0.29, 0.717) is 12.5 Å². The maximum Gasteiger partial charge on any atom is 0.207 e. The van der Waals surface area contributed by atoms with Crippen molar-refractivity contribution in [1.29, 1.82) is 0 Å². The summed E-state index contributed by atoms with van der Waals surface area (Å²) >= 11 is 11.1. The lowest BCUT2D eigenvalue weighted by Gasteiger charge is -2.35. The molecule has 0 aliphatic heterocycles. The van der Waals surface area contributed by atoms with Crippen molar-refractivity contribution in [3.63, 3.8) is 0 Å². The minimum absolute atomic E-state index is 0.246. The summed E-state index contributed by atoms with van der Waals surface area (Å²) in [6.45, 7) is 0.793. The van der Waals surface area contributed by atoms with Crippen LogP contribution in [-0.2, 0) is 9.09 Å². The Balaban J connectivity index is 2.42. The van der Waals surface area contributed by atoms with Gasteiger partial charge < -0.3 is 9.42 Å². The van der Waals surface area contributed by atoms with Crippen LogP contribution in [0.2, 0.25) is 0 Å². The summed E-state index contributed by atoms with van der Waals surface area (Å²) in [5, 5.41) is 0. The monoisotopic (exact) mass is 302 g/mol. The topological polar surface area (TPSA) is 52.6 Å². The Morgan fingerprint density at radius 1 is 1.24 bits per heavy atom. The number of hydrogen-bond acceptors (Lipinski definition) is 3. The molecule has 0 radical (unpaired) electrons. The van der Waals surface area contributed by atoms with Crippen LogP contribution in [0.3, 0.4) is 0 Å². The summed E-state index contributed by atoms with van der Waals surface area (Å²) in [7, 11) is -3.97. The van der Waals surface area contributed by atoms with E-state index in [9.17, 15) is 9.46 Å². The minimum atomic E-state index is -3.97. The molecule has 0 bridgehead atoms. The Hall–Kier alpha value is 0.690. The quantitative estimate of drug-likeness (QED) is 0.510. The minimum Gasteiger partial charge on any atom is -0.766 e. The standard InChI is InChI=1S/C10H20Cl2NO3P/c11-5-7-13(8-6-12)17(14,15)16-9-10-3-1-2-4-10/h10H,1-9H2,(H,14,15)/p-1. The molecule has 1 aliphatic rings. The SMILES string of the molecule is O=P([O-])(OCC1CCCC1)N(CCCl)CCCl. The van der Waals surface area contributed by atoms with Gasteiger partial charge in [0.05, 0.1) is 6.61 Å². The van der Waals surface area contributed by atoms with E-state index < -0.39 is 7.75 Å². The molecule has 0 spiro atoms. The van der Waals surface area contributed by atoms with Gasteiger partial charge in [0, 0.05) is 24.8 Å². The molecule has 0 saturated heterocycles. The normalized spacial score (nSPS) is 20.9. The molecular formula is C10H19Cl2NO3P-. The Kier molecular flexibility index (Phi) is 7.39. The van der Waals surface area contributed by atoms with Gasteiger partial charge in [-0.15, -0.1) is 23.2 Å². The van der Waals surface area contributed by atoms with Gasteiger partial charge in [-0.2, -0.15) is 0 Å². The van der Waals surface area contributed by atoms with E-state index in [4.69, 9.17) is 27.7 Å². The Morgan fingerprint density at radius 3 is 2.24 bits per heavy atom. The maximum atomic E-state index is 11.9. The third kappa shape index (κ3) is 5.46. The summed E-state index contributed by atoms with van der Waals surface area (Å²) < 4.78 is 18.2. The van der Waals surface area contributed by atoms with Crippen LogP contribution < -0.4 is 4.89 Å². The molecule has 0 amide bonds. The third-order valence-corrected chi connectivity index (χ3v) is 4.89. The second kappa shape index (κ2) is 7.98. The average Bonchev–Trinajstić information content (AvgIpc) is 2.79. The van der Waals surface area contributed by atoms with Gasteiger partial charge in [0.2, 0.25) is 7.75 Å². The van der Waals surface area contributed by atoms with Crippen molar-refractivity contribution in [3.05, 3.63) is 0 Å². The number of halogens is 2. The van der Waals surface area contributed by atoms with Crippen LogP contribution in [-0.4, -0.2) is 36.1 Å². The lowest BCUT2D eigenvalue weighted by atomic mass is 10.1. The molecule has 0 aromatic rings. The van der Waals surface area contributed by atoms with Crippen molar-refractivity contribution in [1.82, 2.24) is 4.67 Å². The second-order valence-electron chi connectivity index (χ2n) is 4.25. The van der Waals surface area contributed by atoms with Crippen molar-refractivity contribution in [3.8, 4) is 0 Å². The van der Waals surface area contributed by atoms with Gasteiger partial charge in [0.15, 0.2) is 0 Å². The average molecular weight is 303 g/mol. The Bertz CT molecular complexity index is 256. The van der Waals surface area contributed by atoms with Gasteiger partial charge in [-0.05, 0) is 18.8 Å². The van der Waals surface area contributed by atoms with Crippen LogP contribution in [0.4, 0.5) is 0 Å². The molecule has 102 valence electrons. The van der Waals surface area contributed by atoms with Crippen LogP contribution >= 0.6 is 30.9 Å². The molecule has 4 nitrogen and oxygen atoms in total. The highest BCUT2D eigenvalue weighted by Crippen LogP contribution is 2.43. The molecule has 1 unspecified atom stereocenters. The zero-order valence-corrected chi connectivity index (χ0v) is 12.2. The van der Waals surface area contributed by atoms with E-state index in [-0.39, 0.29) is 24.8 Å². The number of nitrogens with zero attached hydrogens (tertiary/aromatic N) is 1. The van der Waals surface area contributed by atoms with Gasteiger partial charge in [-0.25, -0.2) is 4.67 Å². The predicted octanol–water partition coefficient (Wildman–Crippen LogP) is 2.44. The van der Waals surface area contributed by atoms with Gasteiger partial charge in [0.1, 0.15) is 0 Å². The molecule has 0 aromatic carbocycles. The van der Waals surface area contributed by atoms with E-state index >= 15 is 0 Å². The number of alkyl halides is 2. The van der Waals surface area contributed by atoms with Gasteiger partial charge >= 0.3 is 0 Å². The molecule has 1 aliphatic carbocycles. The summed E-state index contributed by atoms with van der Waals surface area (Å²) in [5.41, 5.74) is 0. The summed E-state index contributed by atoms with van der Waals surface area (Å²) in [5.74, 6) is 0.873. The first-order valence-electron chi connectivity index (χ1n) is 5.93. The maximum absolute atomic E-state index is 11.9. The Labute approximate surface area is 113 Å². The molecule has 0 aromatic heterocycles. The smallest absolute Gasteiger partial charge is 0.207 e. The first-order chi connectivity index (χ1) is 8.10. The van der Waals surface area contributed by atoms with Crippen molar-refractivity contribution < 1.29 is 14.0 Å². The number of hydrogen-bond donors (Lipinski definition) is 0. The van der Waals surface area contributed by atoms with Crippen molar-refractivity contribution in [2.24, 2.45) is 5.92 Å². The third-order valence-electron chi connectivity index (χ3n) is 2.98. The van der Waals surface area contributed by atoms with Crippen LogP contribution in [0.15, 0.2) is 0 Å². The summed E-state index contributed by atoms with van der Waals surface area (Å²) in [4.78, 5) is 11.9. The van der Waals surface area contributed by atoms with Crippen molar-refractivity contribution in [2.45, 2.75) is 25.7 Å². The van der Waals surface area contributed by atoms with Crippen LogP contribution in [0.5, 0.6) is 0 Å². The Morgan fingerprint density at radius 2 is 1.76 bits per heavy atom. The van der Waals surface area contributed by atoms with Gasteiger partial charge in [-0.3, -0.25) is 4.57 Å². The van der Waals surface area contributed by atoms with E-state index in [1.165, 1.54) is 17.5 Å². The molecule has 0 N–H and O–H groups in total. The fourth-order valence-electron chi connectivity index (χ4n) is 2.01. The van der Waals surface area contributed by atoms with Gasteiger partial charge in [0.25, 0.3) is 0 Å². The zero-order chi connectivity index (χ0) is 12.7. The zero-order valence-electron chi connectivity index (χ0n) is 9.82.